The van der Waals surface area contributed by atoms with Crippen LogP contribution in [-0.4, -0.2) is 31.2 Å². The smallest absolute Gasteiger partial charge is 0.244 e. The number of hydrogen-bond acceptors (Lipinski definition) is 4. The summed E-state index contributed by atoms with van der Waals surface area (Å²) in [4.78, 5) is 0.257. The Hall–Kier alpha value is -0.920. The number of rotatable bonds is 6. The monoisotopic (exact) mass is 260 g/mol. The first-order valence-corrected chi connectivity index (χ1v) is 7.13. The number of aromatic nitrogens is 2. The molecule has 0 aromatic carbocycles. The quantitative estimate of drug-likeness (QED) is 0.695. The minimum absolute atomic E-state index is 0.138. The van der Waals surface area contributed by atoms with Crippen LogP contribution in [0.4, 0.5) is 0 Å². The van der Waals surface area contributed by atoms with Crippen molar-refractivity contribution in [3.63, 3.8) is 0 Å². The average Bonchev–Trinajstić information content (AvgIpc) is 2.55. The van der Waals surface area contributed by atoms with E-state index >= 15 is 0 Å². The van der Waals surface area contributed by atoms with Crippen LogP contribution in [0.15, 0.2) is 4.90 Å². The minimum atomic E-state index is -3.49. The normalized spacial score (nSPS) is 12.3. The lowest BCUT2D eigenvalue weighted by molar-refractivity contribution is 0.566. The van der Waals surface area contributed by atoms with E-state index in [1.165, 1.54) is 0 Å². The van der Waals surface area contributed by atoms with E-state index in [-0.39, 0.29) is 10.9 Å². The van der Waals surface area contributed by atoms with E-state index in [4.69, 9.17) is 0 Å². The number of nitrogens with one attached hydrogen (secondary N) is 3. The number of hydrogen-bond donors (Lipinski definition) is 3. The van der Waals surface area contributed by atoms with Crippen LogP contribution in [0, 0.1) is 6.92 Å². The van der Waals surface area contributed by atoms with Crippen molar-refractivity contribution < 1.29 is 8.42 Å². The fourth-order valence-electron chi connectivity index (χ4n) is 1.56. The van der Waals surface area contributed by atoms with Gasteiger partial charge in [-0.25, -0.2) is 13.1 Å². The Balaban J connectivity index is 3.07. The zero-order valence-electron chi connectivity index (χ0n) is 10.7. The summed E-state index contributed by atoms with van der Waals surface area (Å²) in [5.41, 5.74) is 1.09. The molecule has 0 saturated carbocycles. The van der Waals surface area contributed by atoms with Gasteiger partial charge in [-0.1, -0.05) is 6.92 Å². The SMILES string of the molecule is CCNCc1n[nH]c(C)c1S(=O)(=O)NC(C)C. The second-order valence-electron chi connectivity index (χ2n) is 4.18. The summed E-state index contributed by atoms with van der Waals surface area (Å²) >= 11 is 0. The third-order valence-electron chi connectivity index (χ3n) is 2.16. The Kier molecular flexibility index (Phi) is 4.67. The highest BCUT2D eigenvalue weighted by Crippen LogP contribution is 2.17. The molecule has 1 aromatic rings. The molecule has 6 nitrogen and oxygen atoms in total. The zero-order chi connectivity index (χ0) is 13.1. The van der Waals surface area contributed by atoms with Gasteiger partial charge in [-0.15, -0.1) is 0 Å². The van der Waals surface area contributed by atoms with Gasteiger partial charge in [0.1, 0.15) is 4.90 Å². The fraction of sp³-hybridized carbons (Fsp3) is 0.700. The summed E-state index contributed by atoms with van der Waals surface area (Å²) in [5, 5.41) is 9.81. The highest BCUT2D eigenvalue weighted by Gasteiger charge is 2.24. The van der Waals surface area contributed by atoms with Gasteiger partial charge in [-0.3, -0.25) is 5.10 Å². The number of H-pyrrole nitrogens is 1. The summed E-state index contributed by atoms with van der Waals surface area (Å²) in [5.74, 6) is 0. The lowest BCUT2D eigenvalue weighted by atomic mass is 10.3. The van der Waals surface area contributed by atoms with Crippen LogP contribution < -0.4 is 10.0 Å². The standard InChI is InChI=1S/C10H20N4O2S/c1-5-11-6-9-10(8(4)12-13-9)17(15,16)14-7(2)3/h7,11,14H,5-6H2,1-4H3,(H,12,13). The molecule has 0 bridgehead atoms. The maximum absolute atomic E-state index is 12.1. The van der Waals surface area contributed by atoms with E-state index in [1.54, 1.807) is 20.8 Å². The first-order valence-electron chi connectivity index (χ1n) is 5.65. The zero-order valence-corrected chi connectivity index (χ0v) is 11.5. The second-order valence-corrected chi connectivity index (χ2v) is 5.83. The number of nitrogens with zero attached hydrogens (tertiary/aromatic N) is 1. The van der Waals surface area contributed by atoms with Gasteiger partial charge in [-0.05, 0) is 27.3 Å². The van der Waals surface area contributed by atoms with E-state index in [0.29, 0.717) is 17.9 Å². The lowest BCUT2D eigenvalue weighted by Gasteiger charge is -2.10. The van der Waals surface area contributed by atoms with Crippen LogP contribution in [-0.2, 0) is 16.6 Å². The molecular weight excluding hydrogens is 240 g/mol. The molecule has 0 aliphatic heterocycles. The van der Waals surface area contributed by atoms with Crippen molar-refractivity contribution in [1.29, 1.82) is 0 Å². The highest BCUT2D eigenvalue weighted by molar-refractivity contribution is 7.89. The largest absolute Gasteiger partial charge is 0.311 e. The maximum Gasteiger partial charge on any atom is 0.244 e. The van der Waals surface area contributed by atoms with Gasteiger partial charge in [0.15, 0.2) is 0 Å². The molecule has 1 rings (SSSR count). The summed E-state index contributed by atoms with van der Waals surface area (Å²) in [6, 6.07) is -0.138. The molecule has 0 aliphatic carbocycles. The van der Waals surface area contributed by atoms with Gasteiger partial charge < -0.3 is 5.32 Å². The summed E-state index contributed by atoms with van der Waals surface area (Å²) in [6.45, 7) is 8.45. The highest BCUT2D eigenvalue weighted by atomic mass is 32.2. The topological polar surface area (TPSA) is 86.9 Å². The third kappa shape index (κ3) is 3.52. The Labute approximate surface area is 102 Å². The van der Waals surface area contributed by atoms with Crippen molar-refractivity contribution in [1.82, 2.24) is 20.2 Å². The van der Waals surface area contributed by atoms with E-state index in [0.717, 1.165) is 6.54 Å². The molecule has 1 heterocycles. The Morgan fingerprint density at radius 1 is 1.41 bits per heavy atom. The molecular formula is C10H20N4O2S. The van der Waals surface area contributed by atoms with Gasteiger partial charge in [0.25, 0.3) is 0 Å². The number of sulfonamides is 1. The van der Waals surface area contributed by atoms with Gasteiger partial charge in [0, 0.05) is 12.6 Å². The molecule has 1 aromatic heterocycles. The maximum atomic E-state index is 12.1. The first kappa shape index (κ1) is 14.1. The van der Waals surface area contributed by atoms with Gasteiger partial charge >= 0.3 is 0 Å². The van der Waals surface area contributed by atoms with E-state index in [2.05, 4.69) is 20.2 Å². The van der Waals surface area contributed by atoms with Crippen molar-refractivity contribution in [2.45, 2.75) is 45.2 Å². The fourth-order valence-corrected chi connectivity index (χ4v) is 3.17. The summed E-state index contributed by atoms with van der Waals surface area (Å²) in [7, 11) is -3.49. The van der Waals surface area contributed by atoms with Crippen LogP contribution in [0.5, 0.6) is 0 Å². The van der Waals surface area contributed by atoms with Crippen molar-refractivity contribution in [2.75, 3.05) is 6.54 Å². The molecule has 0 spiro atoms. The Bertz CT molecular complexity index is 465. The van der Waals surface area contributed by atoms with Gasteiger partial charge in [0.05, 0.1) is 11.4 Å². The summed E-state index contributed by atoms with van der Waals surface area (Å²) < 4.78 is 26.8. The molecule has 98 valence electrons. The molecule has 0 amide bonds. The van der Waals surface area contributed by atoms with Crippen LogP contribution in [0.2, 0.25) is 0 Å². The molecule has 0 radical (unpaired) electrons. The molecule has 0 atom stereocenters. The van der Waals surface area contributed by atoms with Crippen LogP contribution in [0.3, 0.4) is 0 Å². The molecule has 17 heavy (non-hydrogen) atoms. The van der Waals surface area contributed by atoms with Crippen LogP contribution in [0.25, 0.3) is 0 Å². The molecule has 0 saturated heterocycles. The minimum Gasteiger partial charge on any atom is -0.311 e. The van der Waals surface area contributed by atoms with Gasteiger partial charge in [-0.2, -0.15) is 5.10 Å². The second kappa shape index (κ2) is 5.61. The Morgan fingerprint density at radius 2 is 2.06 bits per heavy atom. The van der Waals surface area contributed by atoms with Crippen molar-refractivity contribution in [3.8, 4) is 0 Å². The third-order valence-corrected chi connectivity index (χ3v) is 4.02. The van der Waals surface area contributed by atoms with Crippen molar-refractivity contribution in [3.05, 3.63) is 11.4 Å². The van der Waals surface area contributed by atoms with Gasteiger partial charge in [0.2, 0.25) is 10.0 Å². The predicted molar refractivity (Wildman–Crippen MR) is 66.2 cm³/mol. The van der Waals surface area contributed by atoms with E-state index < -0.39 is 10.0 Å². The molecule has 0 unspecified atom stereocenters. The lowest BCUT2D eigenvalue weighted by Crippen LogP contribution is -2.31. The number of aromatic amines is 1. The summed E-state index contributed by atoms with van der Waals surface area (Å²) in [6.07, 6.45) is 0. The van der Waals surface area contributed by atoms with E-state index in [1.807, 2.05) is 6.92 Å². The Morgan fingerprint density at radius 3 is 2.59 bits per heavy atom. The van der Waals surface area contributed by atoms with Crippen LogP contribution in [0.1, 0.15) is 32.2 Å². The predicted octanol–water partition coefficient (Wildman–Crippen LogP) is 0.514. The molecule has 0 fully saturated rings. The van der Waals surface area contributed by atoms with Crippen molar-refractivity contribution >= 4 is 10.0 Å². The first-order chi connectivity index (χ1) is 7.88. The van der Waals surface area contributed by atoms with Crippen molar-refractivity contribution in [2.24, 2.45) is 0 Å². The van der Waals surface area contributed by atoms with Crippen LogP contribution >= 0.6 is 0 Å². The molecule has 0 aliphatic rings. The molecule has 3 N–H and O–H groups in total. The number of aryl methyl sites for hydroxylation is 1. The molecule has 7 heteroatoms. The average molecular weight is 260 g/mol. The van der Waals surface area contributed by atoms with E-state index in [9.17, 15) is 8.42 Å².